The van der Waals surface area contributed by atoms with Gasteiger partial charge in [-0.3, -0.25) is 0 Å². The second-order valence-electron chi connectivity index (χ2n) is 4.51. The number of methoxy groups -OCH3 is 1. The SMILES string of the molecule is COc1cc(Cl)c(C(Br)C2OCCC2C)cc1Cl. The number of ether oxygens (including phenoxy) is 2. The zero-order valence-corrected chi connectivity index (χ0v) is 13.3. The minimum atomic E-state index is 0.0471. The number of benzene rings is 1. The molecular weight excluding hydrogens is 339 g/mol. The third-order valence-corrected chi connectivity index (χ3v) is 4.94. The average molecular weight is 354 g/mol. The van der Waals surface area contributed by atoms with E-state index in [1.54, 1.807) is 13.2 Å². The molecule has 3 atom stereocenters. The predicted molar refractivity (Wildman–Crippen MR) is 78.2 cm³/mol. The summed E-state index contributed by atoms with van der Waals surface area (Å²) in [6.45, 7) is 2.99. The second-order valence-corrected chi connectivity index (χ2v) is 6.31. The van der Waals surface area contributed by atoms with E-state index in [1.807, 2.05) is 6.07 Å². The summed E-state index contributed by atoms with van der Waals surface area (Å²) in [6.07, 6.45) is 1.21. The van der Waals surface area contributed by atoms with Gasteiger partial charge < -0.3 is 9.47 Å². The largest absolute Gasteiger partial charge is 0.495 e. The molecule has 1 aromatic rings. The van der Waals surface area contributed by atoms with Gasteiger partial charge in [0.05, 0.1) is 23.1 Å². The first-order valence-corrected chi connectivity index (χ1v) is 7.50. The highest BCUT2D eigenvalue weighted by Crippen LogP contribution is 2.42. The number of hydrogen-bond donors (Lipinski definition) is 0. The molecule has 0 amide bonds. The topological polar surface area (TPSA) is 18.5 Å². The van der Waals surface area contributed by atoms with Crippen LogP contribution in [0.4, 0.5) is 0 Å². The number of alkyl halides is 1. The van der Waals surface area contributed by atoms with Crippen LogP contribution in [0.25, 0.3) is 0 Å². The van der Waals surface area contributed by atoms with Gasteiger partial charge in [0, 0.05) is 17.7 Å². The van der Waals surface area contributed by atoms with Gasteiger partial charge in [-0.05, 0) is 24.0 Å². The lowest BCUT2D eigenvalue weighted by Crippen LogP contribution is -2.19. The molecule has 0 spiro atoms. The maximum Gasteiger partial charge on any atom is 0.138 e. The van der Waals surface area contributed by atoms with Gasteiger partial charge in [0.2, 0.25) is 0 Å². The van der Waals surface area contributed by atoms with Gasteiger partial charge in [0.15, 0.2) is 0 Å². The van der Waals surface area contributed by atoms with Gasteiger partial charge in [-0.1, -0.05) is 46.1 Å². The molecule has 0 saturated carbocycles. The Morgan fingerprint density at radius 2 is 2.11 bits per heavy atom. The van der Waals surface area contributed by atoms with E-state index in [-0.39, 0.29) is 10.9 Å². The van der Waals surface area contributed by atoms with Crippen molar-refractivity contribution in [3.05, 3.63) is 27.7 Å². The summed E-state index contributed by atoms with van der Waals surface area (Å²) < 4.78 is 10.9. The number of rotatable bonds is 3. The fourth-order valence-electron chi connectivity index (χ4n) is 2.18. The van der Waals surface area contributed by atoms with Crippen LogP contribution in [-0.2, 0) is 4.74 Å². The minimum absolute atomic E-state index is 0.0471. The van der Waals surface area contributed by atoms with Crippen molar-refractivity contribution in [3.63, 3.8) is 0 Å². The van der Waals surface area contributed by atoms with Crippen LogP contribution in [0.2, 0.25) is 10.0 Å². The van der Waals surface area contributed by atoms with Gasteiger partial charge in [0.1, 0.15) is 5.75 Å². The van der Waals surface area contributed by atoms with Gasteiger partial charge in [0.25, 0.3) is 0 Å². The normalized spacial score (nSPS) is 25.2. The zero-order chi connectivity index (χ0) is 13.3. The van der Waals surface area contributed by atoms with Crippen molar-refractivity contribution in [1.29, 1.82) is 0 Å². The Kier molecular flexibility index (Phi) is 4.81. The van der Waals surface area contributed by atoms with Crippen LogP contribution in [0.1, 0.15) is 23.7 Å². The molecule has 0 radical (unpaired) electrons. The van der Waals surface area contributed by atoms with E-state index in [0.29, 0.717) is 21.7 Å². The van der Waals surface area contributed by atoms with E-state index in [1.165, 1.54) is 0 Å². The van der Waals surface area contributed by atoms with E-state index in [2.05, 4.69) is 22.9 Å². The Hall–Kier alpha value is 0.0400. The summed E-state index contributed by atoms with van der Waals surface area (Å²) in [5.74, 6) is 1.09. The summed E-state index contributed by atoms with van der Waals surface area (Å²) in [4.78, 5) is 0.0471. The molecule has 2 rings (SSSR count). The lowest BCUT2D eigenvalue weighted by molar-refractivity contribution is 0.0935. The minimum Gasteiger partial charge on any atom is -0.495 e. The summed E-state index contributed by atoms with van der Waals surface area (Å²) in [5.41, 5.74) is 0.946. The molecule has 0 aromatic heterocycles. The molecule has 3 unspecified atom stereocenters. The Bertz CT molecular complexity index is 439. The monoisotopic (exact) mass is 352 g/mol. The second kappa shape index (κ2) is 6.00. The quantitative estimate of drug-likeness (QED) is 0.722. The first-order chi connectivity index (χ1) is 8.54. The highest BCUT2D eigenvalue weighted by molar-refractivity contribution is 9.09. The first-order valence-electron chi connectivity index (χ1n) is 5.83. The van der Waals surface area contributed by atoms with Gasteiger partial charge in [-0.15, -0.1) is 0 Å². The summed E-state index contributed by atoms with van der Waals surface area (Å²) in [5, 5.41) is 1.20. The lowest BCUT2D eigenvalue weighted by Gasteiger charge is -2.22. The molecule has 1 aliphatic rings. The zero-order valence-electron chi connectivity index (χ0n) is 10.3. The Balaban J connectivity index is 2.30. The van der Waals surface area contributed by atoms with Crippen molar-refractivity contribution in [2.75, 3.05) is 13.7 Å². The molecule has 18 heavy (non-hydrogen) atoms. The molecule has 1 saturated heterocycles. The fourth-order valence-corrected chi connectivity index (χ4v) is 3.88. The standard InChI is InChI=1S/C13H15BrCl2O2/c1-7-3-4-18-13(7)12(14)8-5-10(16)11(17-2)6-9(8)15/h5-7,12-13H,3-4H2,1-2H3. The maximum absolute atomic E-state index is 6.28. The van der Waals surface area contributed by atoms with E-state index in [0.717, 1.165) is 18.6 Å². The lowest BCUT2D eigenvalue weighted by atomic mass is 9.97. The molecular formula is C13H15BrCl2O2. The van der Waals surface area contributed by atoms with Crippen molar-refractivity contribution >= 4 is 39.1 Å². The van der Waals surface area contributed by atoms with Crippen molar-refractivity contribution in [1.82, 2.24) is 0 Å². The smallest absolute Gasteiger partial charge is 0.138 e. The van der Waals surface area contributed by atoms with Crippen molar-refractivity contribution in [3.8, 4) is 5.75 Å². The van der Waals surface area contributed by atoms with Crippen LogP contribution in [0.5, 0.6) is 5.75 Å². The highest BCUT2D eigenvalue weighted by Gasteiger charge is 2.32. The predicted octanol–water partition coefficient (Wildman–Crippen LogP) is 4.86. The Morgan fingerprint density at radius 3 is 2.67 bits per heavy atom. The summed E-state index contributed by atoms with van der Waals surface area (Å²) >= 11 is 16.1. The molecule has 1 fully saturated rings. The van der Waals surface area contributed by atoms with Crippen molar-refractivity contribution in [2.24, 2.45) is 5.92 Å². The Labute approximate surface area is 126 Å². The molecule has 5 heteroatoms. The molecule has 0 aliphatic carbocycles. The summed E-state index contributed by atoms with van der Waals surface area (Å²) in [6, 6.07) is 3.59. The van der Waals surface area contributed by atoms with Gasteiger partial charge in [-0.2, -0.15) is 0 Å². The Morgan fingerprint density at radius 1 is 1.39 bits per heavy atom. The summed E-state index contributed by atoms with van der Waals surface area (Å²) in [7, 11) is 1.57. The van der Waals surface area contributed by atoms with Gasteiger partial charge in [-0.25, -0.2) is 0 Å². The fraction of sp³-hybridized carbons (Fsp3) is 0.538. The average Bonchev–Trinajstić information content (AvgIpc) is 2.77. The number of halogens is 3. The molecule has 1 aromatic carbocycles. The van der Waals surface area contributed by atoms with Crippen LogP contribution in [-0.4, -0.2) is 19.8 Å². The highest BCUT2D eigenvalue weighted by atomic mass is 79.9. The maximum atomic E-state index is 6.28. The van der Waals surface area contributed by atoms with E-state index in [9.17, 15) is 0 Å². The molecule has 100 valence electrons. The van der Waals surface area contributed by atoms with Crippen LogP contribution >= 0.6 is 39.1 Å². The van der Waals surface area contributed by atoms with E-state index < -0.39 is 0 Å². The third kappa shape index (κ3) is 2.79. The van der Waals surface area contributed by atoms with Crippen LogP contribution < -0.4 is 4.74 Å². The van der Waals surface area contributed by atoms with E-state index in [4.69, 9.17) is 32.7 Å². The third-order valence-electron chi connectivity index (χ3n) is 3.30. The molecule has 1 aliphatic heterocycles. The van der Waals surface area contributed by atoms with Crippen molar-refractivity contribution < 1.29 is 9.47 Å². The first kappa shape index (κ1) is 14.4. The van der Waals surface area contributed by atoms with Gasteiger partial charge >= 0.3 is 0 Å². The molecule has 0 bridgehead atoms. The molecule has 1 heterocycles. The molecule has 2 nitrogen and oxygen atoms in total. The van der Waals surface area contributed by atoms with E-state index >= 15 is 0 Å². The molecule has 0 N–H and O–H groups in total. The van der Waals surface area contributed by atoms with Crippen molar-refractivity contribution in [2.45, 2.75) is 24.3 Å². The number of hydrogen-bond acceptors (Lipinski definition) is 2. The van der Waals surface area contributed by atoms with Crippen LogP contribution in [0.15, 0.2) is 12.1 Å². The van der Waals surface area contributed by atoms with Crippen LogP contribution in [0.3, 0.4) is 0 Å². The van der Waals surface area contributed by atoms with Crippen LogP contribution in [0, 0.1) is 5.92 Å².